The van der Waals surface area contributed by atoms with Crippen LogP contribution in [0.4, 0.5) is 0 Å². The summed E-state index contributed by atoms with van der Waals surface area (Å²) in [5.74, 6) is -1.12. The Balaban J connectivity index is 3.11. The van der Waals surface area contributed by atoms with Crippen LogP contribution in [0.3, 0.4) is 0 Å². The van der Waals surface area contributed by atoms with E-state index in [2.05, 4.69) is 5.10 Å². The molecule has 1 aromatic rings. The maximum atomic E-state index is 11.1. The number of carbonyl (C=O) groups is 1. The Labute approximate surface area is 74.6 Å². The highest BCUT2D eigenvalue weighted by atomic mass is 16.4. The van der Waals surface area contributed by atoms with E-state index in [1.54, 1.807) is 0 Å². The fourth-order valence-corrected chi connectivity index (χ4v) is 0.935. The number of rotatable bonds is 3. The highest BCUT2D eigenvalue weighted by molar-refractivity contribution is 5.84. The molecule has 5 heteroatoms. The highest BCUT2D eigenvalue weighted by Gasteiger charge is 2.05. The van der Waals surface area contributed by atoms with Crippen LogP contribution in [0.2, 0.25) is 0 Å². The Kier molecular flexibility index (Phi) is 2.79. The Morgan fingerprint density at radius 2 is 2.31 bits per heavy atom. The zero-order valence-electron chi connectivity index (χ0n) is 7.23. The van der Waals surface area contributed by atoms with Crippen molar-refractivity contribution in [3.8, 4) is 0 Å². The number of hydrogen-bond acceptors (Lipinski definition) is 3. The van der Waals surface area contributed by atoms with Gasteiger partial charge in [0.15, 0.2) is 5.69 Å². The summed E-state index contributed by atoms with van der Waals surface area (Å²) in [5, 5.41) is 12.3. The molecule has 0 saturated heterocycles. The van der Waals surface area contributed by atoms with E-state index in [1.165, 1.54) is 12.1 Å². The van der Waals surface area contributed by atoms with E-state index in [0.717, 1.165) is 11.1 Å². The van der Waals surface area contributed by atoms with Gasteiger partial charge < -0.3 is 5.11 Å². The van der Waals surface area contributed by atoms with Gasteiger partial charge in [-0.05, 0) is 12.5 Å². The second kappa shape index (κ2) is 3.84. The molecule has 1 heterocycles. The standard InChI is InChI=1S/C8H10N2O3/c1-2-5-10-7(11)4-3-6(9-10)8(12)13/h3-4H,2,5H2,1H3,(H,12,13). The molecule has 1 rings (SSSR count). The van der Waals surface area contributed by atoms with Crippen molar-refractivity contribution in [1.29, 1.82) is 0 Å². The van der Waals surface area contributed by atoms with E-state index in [1.807, 2.05) is 6.92 Å². The highest BCUT2D eigenvalue weighted by Crippen LogP contribution is 1.90. The third-order valence-electron chi connectivity index (χ3n) is 1.52. The summed E-state index contributed by atoms with van der Waals surface area (Å²) in [7, 11) is 0. The molecule has 0 radical (unpaired) electrons. The van der Waals surface area contributed by atoms with Crippen LogP contribution in [0.25, 0.3) is 0 Å². The molecule has 0 amide bonds. The van der Waals surface area contributed by atoms with Gasteiger partial charge in [-0.2, -0.15) is 5.10 Å². The summed E-state index contributed by atoms with van der Waals surface area (Å²) in [4.78, 5) is 21.6. The third-order valence-corrected chi connectivity index (χ3v) is 1.52. The number of aromatic carboxylic acids is 1. The van der Waals surface area contributed by atoms with Gasteiger partial charge in [-0.3, -0.25) is 4.79 Å². The molecule has 5 nitrogen and oxygen atoms in total. The third kappa shape index (κ3) is 2.14. The number of nitrogens with zero attached hydrogens (tertiary/aromatic N) is 2. The van der Waals surface area contributed by atoms with Crippen molar-refractivity contribution >= 4 is 5.97 Å². The Bertz CT molecular complexity index is 370. The molecule has 0 fully saturated rings. The van der Waals surface area contributed by atoms with E-state index in [-0.39, 0.29) is 11.3 Å². The molecule has 0 aliphatic rings. The van der Waals surface area contributed by atoms with Crippen molar-refractivity contribution in [2.45, 2.75) is 19.9 Å². The van der Waals surface area contributed by atoms with Gasteiger partial charge in [0.1, 0.15) is 0 Å². The van der Waals surface area contributed by atoms with E-state index in [4.69, 9.17) is 5.11 Å². The van der Waals surface area contributed by atoms with E-state index >= 15 is 0 Å². The number of carboxylic acid groups (broad SMARTS) is 1. The lowest BCUT2D eigenvalue weighted by atomic mass is 10.4. The van der Waals surface area contributed by atoms with Crippen LogP contribution in [0.5, 0.6) is 0 Å². The lowest BCUT2D eigenvalue weighted by Gasteiger charge is -2.01. The minimum atomic E-state index is -1.12. The minimum Gasteiger partial charge on any atom is -0.476 e. The zero-order chi connectivity index (χ0) is 9.84. The average Bonchev–Trinajstić information content (AvgIpc) is 2.08. The van der Waals surface area contributed by atoms with Crippen molar-refractivity contribution in [2.24, 2.45) is 0 Å². The van der Waals surface area contributed by atoms with E-state index in [9.17, 15) is 9.59 Å². The number of carboxylic acids is 1. The molecule has 0 aromatic carbocycles. The number of aryl methyl sites for hydroxylation is 1. The number of aromatic nitrogens is 2. The second-order valence-electron chi connectivity index (χ2n) is 2.59. The lowest BCUT2D eigenvalue weighted by molar-refractivity contribution is 0.0687. The SMILES string of the molecule is CCCn1nc(C(=O)O)ccc1=O. The smallest absolute Gasteiger partial charge is 0.356 e. The molecule has 0 bridgehead atoms. The van der Waals surface area contributed by atoms with Crippen LogP contribution in [0.1, 0.15) is 23.8 Å². The Morgan fingerprint density at radius 1 is 1.62 bits per heavy atom. The van der Waals surface area contributed by atoms with Crippen LogP contribution < -0.4 is 5.56 Å². The molecule has 70 valence electrons. The summed E-state index contributed by atoms with van der Waals surface area (Å²) in [6, 6.07) is 2.42. The molecule has 0 unspecified atom stereocenters. The quantitative estimate of drug-likeness (QED) is 0.732. The van der Waals surface area contributed by atoms with Crippen molar-refractivity contribution in [3.05, 3.63) is 28.2 Å². The number of hydrogen-bond donors (Lipinski definition) is 1. The van der Waals surface area contributed by atoms with Crippen LogP contribution in [0.15, 0.2) is 16.9 Å². The van der Waals surface area contributed by atoms with Gasteiger partial charge in [0.05, 0.1) is 0 Å². The molecule has 0 aliphatic heterocycles. The van der Waals surface area contributed by atoms with E-state index in [0.29, 0.717) is 6.54 Å². The predicted molar refractivity (Wildman–Crippen MR) is 45.7 cm³/mol. The maximum absolute atomic E-state index is 11.1. The summed E-state index contributed by atoms with van der Waals surface area (Å²) in [5.41, 5.74) is -0.375. The normalized spacial score (nSPS) is 9.92. The van der Waals surface area contributed by atoms with Gasteiger partial charge in [0.25, 0.3) is 5.56 Å². The van der Waals surface area contributed by atoms with Gasteiger partial charge in [-0.1, -0.05) is 6.92 Å². The summed E-state index contributed by atoms with van der Waals surface area (Å²) in [6.45, 7) is 2.33. The summed E-state index contributed by atoms with van der Waals surface area (Å²) >= 11 is 0. The van der Waals surface area contributed by atoms with Crippen molar-refractivity contribution in [3.63, 3.8) is 0 Å². The first-order valence-corrected chi connectivity index (χ1v) is 3.96. The topological polar surface area (TPSA) is 72.2 Å². The molecule has 1 aromatic heterocycles. The van der Waals surface area contributed by atoms with Crippen molar-refractivity contribution in [2.75, 3.05) is 0 Å². The molecule has 0 saturated carbocycles. The molecular formula is C8H10N2O3. The first-order valence-electron chi connectivity index (χ1n) is 3.96. The monoisotopic (exact) mass is 182 g/mol. The first kappa shape index (κ1) is 9.44. The van der Waals surface area contributed by atoms with Crippen molar-refractivity contribution in [1.82, 2.24) is 9.78 Å². The van der Waals surface area contributed by atoms with Gasteiger partial charge in [0.2, 0.25) is 0 Å². The minimum absolute atomic E-state index is 0.104. The fourth-order valence-electron chi connectivity index (χ4n) is 0.935. The summed E-state index contributed by atoms with van der Waals surface area (Å²) < 4.78 is 1.16. The molecule has 1 N–H and O–H groups in total. The van der Waals surface area contributed by atoms with Gasteiger partial charge >= 0.3 is 5.97 Å². The maximum Gasteiger partial charge on any atom is 0.356 e. The van der Waals surface area contributed by atoms with Crippen LogP contribution >= 0.6 is 0 Å². The van der Waals surface area contributed by atoms with Gasteiger partial charge in [-0.25, -0.2) is 9.48 Å². The molecular weight excluding hydrogens is 172 g/mol. The molecule has 0 atom stereocenters. The molecule has 0 aliphatic carbocycles. The Hall–Kier alpha value is -1.65. The van der Waals surface area contributed by atoms with Crippen molar-refractivity contribution < 1.29 is 9.90 Å². The molecule has 13 heavy (non-hydrogen) atoms. The van der Waals surface area contributed by atoms with Crippen LogP contribution in [0, 0.1) is 0 Å². The lowest BCUT2D eigenvalue weighted by Crippen LogP contribution is -2.24. The van der Waals surface area contributed by atoms with Gasteiger partial charge in [-0.15, -0.1) is 0 Å². The largest absolute Gasteiger partial charge is 0.476 e. The molecule has 0 spiro atoms. The van der Waals surface area contributed by atoms with Gasteiger partial charge in [0, 0.05) is 12.6 Å². The van der Waals surface area contributed by atoms with Crippen LogP contribution in [-0.4, -0.2) is 20.9 Å². The van der Waals surface area contributed by atoms with Crippen LogP contribution in [-0.2, 0) is 6.54 Å². The fraction of sp³-hybridized carbons (Fsp3) is 0.375. The summed E-state index contributed by atoms with van der Waals surface area (Å²) in [6.07, 6.45) is 0.746. The first-order chi connectivity index (χ1) is 6.15. The second-order valence-corrected chi connectivity index (χ2v) is 2.59. The predicted octanol–water partition coefficient (Wildman–Crippen LogP) is 0.352. The zero-order valence-corrected chi connectivity index (χ0v) is 7.23. The van der Waals surface area contributed by atoms with E-state index < -0.39 is 5.97 Å². The average molecular weight is 182 g/mol. The Morgan fingerprint density at radius 3 is 2.85 bits per heavy atom.